The van der Waals surface area contributed by atoms with E-state index < -0.39 is 16.0 Å². The van der Waals surface area contributed by atoms with Crippen LogP contribution < -0.4 is 14.8 Å². The minimum atomic E-state index is -3.78. The molecule has 0 unspecified atom stereocenters. The Morgan fingerprint density at radius 2 is 1.86 bits per heavy atom. The maximum absolute atomic E-state index is 12.5. The molecule has 0 spiro atoms. The van der Waals surface area contributed by atoms with Crippen molar-refractivity contribution in [2.45, 2.75) is 44.0 Å². The summed E-state index contributed by atoms with van der Waals surface area (Å²) in [4.78, 5) is 11.6. The van der Waals surface area contributed by atoms with Crippen molar-refractivity contribution < 1.29 is 23.1 Å². The van der Waals surface area contributed by atoms with E-state index >= 15 is 0 Å². The highest BCUT2D eigenvalue weighted by atomic mass is 32.2. The number of sulfonamides is 1. The van der Waals surface area contributed by atoms with Gasteiger partial charge in [-0.25, -0.2) is 17.9 Å². The molecule has 0 radical (unpaired) electrons. The number of ether oxygens (including phenoxy) is 1. The molecule has 158 valence electrons. The molecular weight excluding hydrogens is 392 g/mol. The van der Waals surface area contributed by atoms with E-state index in [-0.39, 0.29) is 16.5 Å². The summed E-state index contributed by atoms with van der Waals surface area (Å²) in [5.74, 6) is -0.413. The van der Waals surface area contributed by atoms with Crippen molar-refractivity contribution in [1.82, 2.24) is 4.72 Å². The van der Waals surface area contributed by atoms with Gasteiger partial charge >= 0.3 is 5.97 Å². The smallest absolute Gasteiger partial charge is 0.337 e. The Morgan fingerprint density at radius 3 is 2.45 bits per heavy atom. The molecule has 0 aromatic heterocycles. The summed E-state index contributed by atoms with van der Waals surface area (Å²) in [6.45, 7) is 4.26. The van der Waals surface area contributed by atoms with E-state index in [2.05, 4.69) is 10.0 Å². The zero-order chi connectivity index (χ0) is 21.4. The van der Waals surface area contributed by atoms with Gasteiger partial charge in [0.2, 0.25) is 10.0 Å². The minimum absolute atomic E-state index is 0.0569. The molecule has 0 aliphatic heterocycles. The summed E-state index contributed by atoms with van der Waals surface area (Å²) in [6.07, 6.45) is 2.23. The highest BCUT2D eigenvalue weighted by molar-refractivity contribution is 7.89. The molecule has 0 bridgehead atoms. The standard InChI is InChI=1S/C21H28N2O5S/c1-4-5-15(2)23-29(26,27)18-10-11-20(19(14-18)21(24)25)22-13-12-16-6-8-17(28-3)9-7-16/h6-11,14-15,22-23H,4-5,12-13H2,1-3H3,(H,24,25)/t15-/m0/s1. The molecule has 0 aliphatic rings. The van der Waals surface area contributed by atoms with Crippen LogP contribution in [0, 0.1) is 0 Å². The van der Waals surface area contributed by atoms with Crippen LogP contribution in [-0.4, -0.2) is 39.2 Å². The van der Waals surface area contributed by atoms with Crippen molar-refractivity contribution >= 4 is 21.7 Å². The lowest BCUT2D eigenvalue weighted by atomic mass is 10.1. The van der Waals surface area contributed by atoms with E-state index in [1.54, 1.807) is 14.0 Å². The van der Waals surface area contributed by atoms with Gasteiger partial charge < -0.3 is 15.2 Å². The van der Waals surface area contributed by atoms with Crippen LogP contribution in [0.4, 0.5) is 5.69 Å². The van der Waals surface area contributed by atoms with Crippen molar-refractivity contribution in [3.63, 3.8) is 0 Å². The van der Waals surface area contributed by atoms with Crippen molar-refractivity contribution in [2.24, 2.45) is 0 Å². The second kappa shape index (κ2) is 10.3. The van der Waals surface area contributed by atoms with E-state index in [9.17, 15) is 18.3 Å². The summed E-state index contributed by atoms with van der Waals surface area (Å²) >= 11 is 0. The Bertz CT molecular complexity index is 927. The first-order valence-electron chi connectivity index (χ1n) is 9.53. The Labute approximate surface area is 172 Å². The molecule has 3 N–H and O–H groups in total. The Hall–Kier alpha value is -2.58. The fourth-order valence-electron chi connectivity index (χ4n) is 2.98. The summed E-state index contributed by atoms with van der Waals surface area (Å²) in [7, 11) is -2.17. The number of carboxylic acid groups (broad SMARTS) is 1. The fraction of sp³-hybridized carbons (Fsp3) is 0.381. The molecular formula is C21H28N2O5S. The number of aromatic carboxylic acids is 1. The first-order chi connectivity index (χ1) is 13.8. The van der Waals surface area contributed by atoms with Gasteiger partial charge in [0.05, 0.1) is 17.6 Å². The van der Waals surface area contributed by atoms with Crippen LogP contribution in [0.25, 0.3) is 0 Å². The SMILES string of the molecule is CCC[C@H](C)NS(=O)(=O)c1ccc(NCCc2ccc(OC)cc2)c(C(=O)O)c1. The number of benzene rings is 2. The largest absolute Gasteiger partial charge is 0.497 e. The van der Waals surface area contributed by atoms with Gasteiger partial charge in [0.25, 0.3) is 0 Å². The monoisotopic (exact) mass is 420 g/mol. The number of carbonyl (C=O) groups is 1. The zero-order valence-electron chi connectivity index (χ0n) is 16.9. The molecule has 0 amide bonds. The topological polar surface area (TPSA) is 105 Å². The van der Waals surface area contributed by atoms with Gasteiger partial charge in [-0.1, -0.05) is 25.5 Å². The first-order valence-corrected chi connectivity index (χ1v) is 11.0. The predicted molar refractivity (Wildman–Crippen MR) is 113 cm³/mol. The lowest BCUT2D eigenvalue weighted by molar-refractivity contribution is 0.0697. The van der Waals surface area contributed by atoms with E-state index in [1.165, 1.54) is 18.2 Å². The third-order valence-electron chi connectivity index (χ3n) is 4.50. The Kier molecular flexibility index (Phi) is 8.04. The molecule has 1 atom stereocenters. The van der Waals surface area contributed by atoms with Gasteiger partial charge in [-0.05, 0) is 55.7 Å². The molecule has 7 nitrogen and oxygen atoms in total. The normalized spacial score (nSPS) is 12.4. The first kappa shape index (κ1) is 22.7. The summed E-state index contributed by atoms with van der Waals surface area (Å²) in [5, 5.41) is 12.6. The van der Waals surface area contributed by atoms with E-state index in [1.807, 2.05) is 31.2 Å². The van der Waals surface area contributed by atoms with Gasteiger partial charge in [-0.3, -0.25) is 0 Å². The second-order valence-electron chi connectivity index (χ2n) is 6.85. The third-order valence-corrected chi connectivity index (χ3v) is 6.09. The van der Waals surface area contributed by atoms with Crippen molar-refractivity contribution in [3.05, 3.63) is 53.6 Å². The lowest BCUT2D eigenvalue weighted by Crippen LogP contribution is -2.32. The van der Waals surface area contributed by atoms with E-state index in [0.717, 1.165) is 17.7 Å². The molecule has 0 aliphatic carbocycles. The number of methoxy groups -OCH3 is 1. The van der Waals surface area contributed by atoms with Crippen LogP contribution in [0.3, 0.4) is 0 Å². The maximum Gasteiger partial charge on any atom is 0.337 e. The molecule has 29 heavy (non-hydrogen) atoms. The maximum atomic E-state index is 12.5. The molecule has 2 aromatic carbocycles. The number of hydrogen-bond donors (Lipinski definition) is 3. The van der Waals surface area contributed by atoms with Crippen LogP contribution in [-0.2, 0) is 16.4 Å². The van der Waals surface area contributed by atoms with Crippen LogP contribution >= 0.6 is 0 Å². The summed E-state index contributed by atoms with van der Waals surface area (Å²) in [5.41, 5.74) is 1.38. The molecule has 0 heterocycles. The van der Waals surface area contributed by atoms with Gasteiger partial charge in [0.15, 0.2) is 0 Å². The second-order valence-corrected chi connectivity index (χ2v) is 8.56. The van der Waals surface area contributed by atoms with Crippen LogP contribution in [0.1, 0.15) is 42.6 Å². The molecule has 8 heteroatoms. The lowest BCUT2D eigenvalue weighted by Gasteiger charge is -2.15. The molecule has 0 saturated carbocycles. The average Bonchev–Trinajstić information content (AvgIpc) is 2.68. The predicted octanol–water partition coefficient (Wildman–Crippen LogP) is 3.51. The van der Waals surface area contributed by atoms with Gasteiger partial charge in [0, 0.05) is 18.3 Å². The number of anilines is 1. The van der Waals surface area contributed by atoms with Crippen LogP contribution in [0.5, 0.6) is 5.75 Å². The average molecular weight is 421 g/mol. The van der Waals surface area contributed by atoms with E-state index in [0.29, 0.717) is 25.1 Å². The van der Waals surface area contributed by atoms with Crippen molar-refractivity contribution in [2.75, 3.05) is 19.0 Å². The number of carboxylic acids is 1. The number of hydrogen-bond acceptors (Lipinski definition) is 5. The minimum Gasteiger partial charge on any atom is -0.497 e. The molecule has 0 fully saturated rings. The van der Waals surface area contributed by atoms with Gasteiger partial charge in [-0.15, -0.1) is 0 Å². The quantitative estimate of drug-likeness (QED) is 0.514. The van der Waals surface area contributed by atoms with E-state index in [4.69, 9.17) is 4.74 Å². The summed E-state index contributed by atoms with van der Waals surface area (Å²) < 4.78 is 32.7. The summed E-state index contributed by atoms with van der Waals surface area (Å²) in [6, 6.07) is 11.5. The Morgan fingerprint density at radius 1 is 1.17 bits per heavy atom. The van der Waals surface area contributed by atoms with Gasteiger partial charge in [0.1, 0.15) is 5.75 Å². The highest BCUT2D eigenvalue weighted by Gasteiger charge is 2.20. The fourth-order valence-corrected chi connectivity index (χ4v) is 4.28. The molecule has 2 rings (SSSR count). The van der Waals surface area contributed by atoms with Crippen LogP contribution in [0.2, 0.25) is 0 Å². The third kappa shape index (κ3) is 6.47. The van der Waals surface area contributed by atoms with Crippen LogP contribution in [0.15, 0.2) is 47.4 Å². The highest BCUT2D eigenvalue weighted by Crippen LogP contribution is 2.21. The van der Waals surface area contributed by atoms with Crippen molar-refractivity contribution in [3.8, 4) is 5.75 Å². The van der Waals surface area contributed by atoms with Gasteiger partial charge in [-0.2, -0.15) is 0 Å². The number of rotatable bonds is 11. The number of nitrogens with one attached hydrogen (secondary N) is 2. The van der Waals surface area contributed by atoms with Crippen molar-refractivity contribution in [1.29, 1.82) is 0 Å². The zero-order valence-corrected chi connectivity index (χ0v) is 17.8. The molecule has 0 saturated heterocycles. The Balaban J connectivity index is 2.11. The molecule has 2 aromatic rings.